The maximum atomic E-state index is 13.7. The summed E-state index contributed by atoms with van der Waals surface area (Å²) in [5, 5.41) is 9.78. The van der Waals surface area contributed by atoms with E-state index in [0.717, 1.165) is 17.0 Å². The molecule has 1 atom stereocenters. The predicted molar refractivity (Wildman–Crippen MR) is 78.2 cm³/mol. The van der Waals surface area contributed by atoms with Gasteiger partial charge in [-0.2, -0.15) is 0 Å². The van der Waals surface area contributed by atoms with Crippen molar-refractivity contribution in [3.05, 3.63) is 52.9 Å². The number of hydrogen-bond donors (Lipinski definition) is 0. The lowest BCUT2D eigenvalue weighted by molar-refractivity contribution is 0.465. The highest BCUT2D eigenvalue weighted by molar-refractivity contribution is 7.99. The molecule has 0 unspecified atom stereocenters. The molecule has 2 heterocycles. The molecule has 0 N–H and O–H groups in total. The van der Waals surface area contributed by atoms with E-state index in [1.165, 1.54) is 29.2 Å². The highest BCUT2D eigenvalue weighted by Gasteiger charge is 2.17. The van der Waals surface area contributed by atoms with E-state index >= 15 is 0 Å². The Morgan fingerprint density at radius 2 is 2.10 bits per heavy atom. The Morgan fingerprint density at radius 3 is 2.86 bits per heavy atom. The van der Waals surface area contributed by atoms with E-state index in [1.807, 2.05) is 17.5 Å². The monoisotopic (exact) mass is 324 g/mol. The number of hydrogen-bond acceptors (Lipinski definition) is 5. The molecule has 1 aromatic carbocycles. The topological polar surface area (TPSA) is 38.9 Å². The molecule has 0 amide bonds. The molecule has 0 saturated carbocycles. The number of benzene rings is 1. The average molecular weight is 324 g/mol. The maximum Gasteiger partial charge on any atom is 0.277 e. The van der Waals surface area contributed by atoms with E-state index in [0.29, 0.717) is 11.1 Å². The van der Waals surface area contributed by atoms with Crippen LogP contribution in [0.15, 0.2) is 45.4 Å². The van der Waals surface area contributed by atoms with Crippen LogP contribution in [0, 0.1) is 11.6 Å². The summed E-state index contributed by atoms with van der Waals surface area (Å²) in [5.41, 5.74) is 0.274. The number of halogens is 2. The summed E-state index contributed by atoms with van der Waals surface area (Å²) in [6, 6.07) is 7.16. The van der Waals surface area contributed by atoms with Crippen LogP contribution < -0.4 is 0 Å². The fourth-order valence-electron chi connectivity index (χ4n) is 1.80. The molecule has 21 heavy (non-hydrogen) atoms. The third kappa shape index (κ3) is 3.14. The zero-order valence-electron chi connectivity index (χ0n) is 10.9. The van der Waals surface area contributed by atoms with Gasteiger partial charge in [0, 0.05) is 10.8 Å². The molecule has 0 saturated heterocycles. The van der Waals surface area contributed by atoms with Gasteiger partial charge in [0.15, 0.2) is 0 Å². The average Bonchev–Trinajstić information content (AvgIpc) is 3.11. The van der Waals surface area contributed by atoms with Gasteiger partial charge in [0.25, 0.3) is 11.1 Å². The first kappa shape index (κ1) is 14.2. The van der Waals surface area contributed by atoms with Gasteiger partial charge in [-0.25, -0.2) is 8.78 Å². The van der Waals surface area contributed by atoms with Gasteiger partial charge in [-0.1, -0.05) is 17.8 Å². The standard InChI is InChI=1S/C14H10F2N2OS2/c1-8(10-7-9(15)4-5-11(10)16)21-14-18-17-13(19-14)12-3-2-6-20-12/h2-8H,1H3/t8-/m0/s1. The number of nitrogens with zero attached hydrogens (tertiary/aromatic N) is 2. The van der Waals surface area contributed by atoms with Crippen molar-refractivity contribution < 1.29 is 13.2 Å². The van der Waals surface area contributed by atoms with Gasteiger partial charge in [-0.05, 0) is 36.6 Å². The highest BCUT2D eigenvalue weighted by Crippen LogP contribution is 2.36. The third-order valence-corrected chi connectivity index (χ3v) is 4.64. The Hall–Kier alpha value is -1.73. The van der Waals surface area contributed by atoms with Crippen molar-refractivity contribution in [3.8, 4) is 10.8 Å². The fraction of sp³-hybridized carbons (Fsp3) is 0.143. The minimum atomic E-state index is -0.469. The molecule has 3 nitrogen and oxygen atoms in total. The smallest absolute Gasteiger partial charge is 0.277 e. The van der Waals surface area contributed by atoms with E-state index in [1.54, 1.807) is 6.92 Å². The molecule has 0 bridgehead atoms. The van der Waals surface area contributed by atoms with Crippen LogP contribution in [0.25, 0.3) is 10.8 Å². The Bertz CT molecular complexity index is 743. The van der Waals surface area contributed by atoms with Crippen LogP contribution in [0.1, 0.15) is 17.7 Å². The molecule has 108 valence electrons. The Labute approximate surface area is 128 Å². The molecule has 0 aliphatic heterocycles. The zero-order valence-corrected chi connectivity index (χ0v) is 12.5. The molecule has 3 rings (SSSR count). The Morgan fingerprint density at radius 1 is 1.24 bits per heavy atom. The van der Waals surface area contributed by atoms with Crippen LogP contribution in [0.3, 0.4) is 0 Å². The second-order valence-electron chi connectivity index (χ2n) is 4.28. The van der Waals surface area contributed by atoms with Gasteiger partial charge in [0.2, 0.25) is 0 Å². The summed E-state index contributed by atoms with van der Waals surface area (Å²) in [6.07, 6.45) is 0. The molecule has 0 aliphatic rings. The minimum absolute atomic E-state index is 0.274. The second-order valence-corrected chi connectivity index (χ2v) is 6.52. The first-order chi connectivity index (χ1) is 10.1. The largest absolute Gasteiger partial charge is 0.410 e. The Kier molecular flexibility index (Phi) is 4.03. The number of aromatic nitrogens is 2. The minimum Gasteiger partial charge on any atom is -0.410 e. The highest BCUT2D eigenvalue weighted by atomic mass is 32.2. The lowest BCUT2D eigenvalue weighted by Gasteiger charge is -2.09. The quantitative estimate of drug-likeness (QED) is 0.638. The Balaban J connectivity index is 1.79. The van der Waals surface area contributed by atoms with Crippen LogP contribution in [0.2, 0.25) is 0 Å². The van der Waals surface area contributed by atoms with Crippen molar-refractivity contribution in [3.63, 3.8) is 0 Å². The van der Waals surface area contributed by atoms with Crippen molar-refractivity contribution in [2.24, 2.45) is 0 Å². The normalized spacial score (nSPS) is 12.5. The van der Waals surface area contributed by atoms with Gasteiger partial charge in [-0.15, -0.1) is 21.5 Å². The van der Waals surface area contributed by atoms with Gasteiger partial charge in [0.1, 0.15) is 11.6 Å². The second kappa shape index (κ2) is 5.95. The zero-order chi connectivity index (χ0) is 14.8. The molecular weight excluding hydrogens is 314 g/mol. The summed E-state index contributed by atoms with van der Waals surface area (Å²) >= 11 is 2.69. The SMILES string of the molecule is C[C@H](Sc1nnc(-c2cccs2)o1)c1cc(F)ccc1F. The molecule has 7 heteroatoms. The van der Waals surface area contributed by atoms with Crippen LogP contribution in [0.5, 0.6) is 0 Å². The van der Waals surface area contributed by atoms with E-state index in [9.17, 15) is 8.78 Å². The van der Waals surface area contributed by atoms with E-state index < -0.39 is 11.6 Å². The summed E-state index contributed by atoms with van der Waals surface area (Å²) in [6.45, 7) is 1.76. The van der Waals surface area contributed by atoms with Gasteiger partial charge < -0.3 is 4.42 Å². The molecule has 2 aromatic heterocycles. The predicted octanol–water partition coefficient (Wildman–Crippen LogP) is 4.93. The summed E-state index contributed by atoms with van der Waals surface area (Å²) < 4.78 is 32.4. The van der Waals surface area contributed by atoms with Crippen molar-refractivity contribution >= 4 is 23.1 Å². The molecule has 0 aliphatic carbocycles. The first-order valence-electron chi connectivity index (χ1n) is 6.12. The van der Waals surface area contributed by atoms with Crippen molar-refractivity contribution in [2.45, 2.75) is 17.4 Å². The van der Waals surface area contributed by atoms with Crippen LogP contribution >= 0.6 is 23.1 Å². The fourth-order valence-corrected chi connectivity index (χ4v) is 3.27. The van der Waals surface area contributed by atoms with Crippen LogP contribution in [-0.4, -0.2) is 10.2 Å². The van der Waals surface area contributed by atoms with E-state index in [4.69, 9.17) is 4.42 Å². The number of thioether (sulfide) groups is 1. The lowest BCUT2D eigenvalue weighted by Crippen LogP contribution is -1.94. The maximum absolute atomic E-state index is 13.7. The molecule has 0 fully saturated rings. The van der Waals surface area contributed by atoms with Gasteiger partial charge >= 0.3 is 0 Å². The molecular formula is C14H10F2N2OS2. The lowest BCUT2D eigenvalue weighted by atomic mass is 10.1. The van der Waals surface area contributed by atoms with Crippen LogP contribution in [-0.2, 0) is 0 Å². The molecule has 0 spiro atoms. The van der Waals surface area contributed by atoms with Gasteiger partial charge in [0.05, 0.1) is 4.88 Å². The molecule has 0 radical (unpaired) electrons. The first-order valence-corrected chi connectivity index (χ1v) is 7.88. The van der Waals surface area contributed by atoms with E-state index in [2.05, 4.69) is 10.2 Å². The van der Waals surface area contributed by atoms with E-state index in [-0.39, 0.29) is 10.8 Å². The van der Waals surface area contributed by atoms with Crippen molar-refractivity contribution in [1.29, 1.82) is 0 Å². The van der Waals surface area contributed by atoms with Crippen molar-refractivity contribution in [2.75, 3.05) is 0 Å². The van der Waals surface area contributed by atoms with Crippen LogP contribution in [0.4, 0.5) is 8.78 Å². The third-order valence-electron chi connectivity index (χ3n) is 2.81. The number of thiophene rings is 1. The van der Waals surface area contributed by atoms with Gasteiger partial charge in [-0.3, -0.25) is 0 Å². The summed E-state index contributed by atoms with van der Waals surface area (Å²) in [7, 11) is 0. The number of rotatable bonds is 4. The van der Waals surface area contributed by atoms with Crippen molar-refractivity contribution in [1.82, 2.24) is 10.2 Å². The summed E-state index contributed by atoms with van der Waals surface area (Å²) in [4.78, 5) is 0.874. The molecule has 3 aromatic rings. The summed E-state index contributed by atoms with van der Waals surface area (Å²) in [5.74, 6) is -0.488.